The van der Waals surface area contributed by atoms with Gasteiger partial charge in [-0.3, -0.25) is 9.59 Å². The van der Waals surface area contributed by atoms with Crippen LogP contribution >= 0.6 is 0 Å². The van der Waals surface area contributed by atoms with E-state index in [0.29, 0.717) is 13.1 Å². The molecule has 2 aromatic carbocycles. The first kappa shape index (κ1) is 19.5. The maximum atomic E-state index is 12.1. The molecule has 26 heavy (non-hydrogen) atoms. The van der Waals surface area contributed by atoms with Crippen LogP contribution in [0.2, 0.25) is 0 Å². The fourth-order valence-corrected chi connectivity index (χ4v) is 2.54. The zero-order chi connectivity index (χ0) is 18.9. The summed E-state index contributed by atoms with van der Waals surface area (Å²) in [5.74, 6) is 0.575. The molecule has 0 unspecified atom stereocenters. The number of hydrogen-bond acceptors (Lipinski definition) is 3. The molecular weight excluding hydrogens is 328 g/mol. The highest BCUT2D eigenvalue weighted by Crippen LogP contribution is 2.20. The van der Waals surface area contributed by atoms with Crippen molar-refractivity contribution in [1.29, 1.82) is 0 Å². The summed E-state index contributed by atoms with van der Waals surface area (Å²) in [6.07, 6.45) is 0.342. The standard InChI is InChI=1S/C21H26N2O3/c1-16(2)26-20-11-9-19(10-12-20)23(17(3)24)14-13-21(25)22-15-18-7-5-4-6-8-18/h4-12,16H,13-15H2,1-3H3,(H,22,25). The molecule has 5 nitrogen and oxygen atoms in total. The highest BCUT2D eigenvalue weighted by Gasteiger charge is 2.13. The van der Waals surface area contributed by atoms with Crippen LogP contribution < -0.4 is 15.0 Å². The van der Waals surface area contributed by atoms with Crippen molar-refractivity contribution in [2.24, 2.45) is 0 Å². The minimum Gasteiger partial charge on any atom is -0.491 e. The van der Waals surface area contributed by atoms with E-state index in [1.54, 1.807) is 4.90 Å². The second kappa shape index (κ2) is 9.61. The van der Waals surface area contributed by atoms with E-state index in [1.165, 1.54) is 6.92 Å². The van der Waals surface area contributed by atoms with Gasteiger partial charge in [0.25, 0.3) is 0 Å². The minimum absolute atomic E-state index is 0.0835. The van der Waals surface area contributed by atoms with Crippen molar-refractivity contribution < 1.29 is 14.3 Å². The van der Waals surface area contributed by atoms with Gasteiger partial charge in [-0.05, 0) is 43.7 Å². The van der Waals surface area contributed by atoms with Gasteiger partial charge in [0.1, 0.15) is 5.75 Å². The van der Waals surface area contributed by atoms with Crippen molar-refractivity contribution in [3.8, 4) is 5.75 Å². The lowest BCUT2D eigenvalue weighted by Crippen LogP contribution is -2.33. The molecule has 1 N–H and O–H groups in total. The van der Waals surface area contributed by atoms with E-state index in [2.05, 4.69) is 5.32 Å². The number of carbonyl (C=O) groups excluding carboxylic acids is 2. The molecule has 138 valence electrons. The lowest BCUT2D eigenvalue weighted by Gasteiger charge is -2.21. The van der Waals surface area contributed by atoms with Crippen molar-refractivity contribution in [2.45, 2.75) is 39.8 Å². The predicted octanol–water partition coefficient (Wildman–Crippen LogP) is 3.53. The monoisotopic (exact) mass is 354 g/mol. The van der Waals surface area contributed by atoms with Crippen molar-refractivity contribution in [3.05, 3.63) is 60.2 Å². The Labute approximate surface area is 155 Å². The highest BCUT2D eigenvalue weighted by molar-refractivity contribution is 5.92. The number of benzene rings is 2. The van der Waals surface area contributed by atoms with Crippen molar-refractivity contribution in [1.82, 2.24) is 5.32 Å². The number of anilines is 1. The summed E-state index contributed by atoms with van der Waals surface area (Å²) in [5.41, 5.74) is 1.80. The third-order valence-corrected chi connectivity index (χ3v) is 3.80. The van der Waals surface area contributed by atoms with Gasteiger partial charge in [0, 0.05) is 32.1 Å². The summed E-state index contributed by atoms with van der Waals surface area (Å²) < 4.78 is 5.61. The van der Waals surface area contributed by atoms with E-state index in [1.807, 2.05) is 68.4 Å². The van der Waals surface area contributed by atoms with Crippen molar-refractivity contribution in [3.63, 3.8) is 0 Å². The number of nitrogens with zero attached hydrogens (tertiary/aromatic N) is 1. The molecule has 0 aromatic heterocycles. The van der Waals surface area contributed by atoms with Gasteiger partial charge >= 0.3 is 0 Å². The first-order valence-corrected chi connectivity index (χ1v) is 8.81. The number of ether oxygens (including phenoxy) is 1. The maximum absolute atomic E-state index is 12.1. The van der Waals surface area contributed by atoms with E-state index in [0.717, 1.165) is 17.0 Å². The molecule has 0 saturated carbocycles. The van der Waals surface area contributed by atoms with E-state index < -0.39 is 0 Å². The van der Waals surface area contributed by atoms with Gasteiger partial charge in [-0.2, -0.15) is 0 Å². The van der Waals surface area contributed by atoms with Crippen LogP contribution in [0, 0.1) is 0 Å². The number of nitrogens with one attached hydrogen (secondary N) is 1. The van der Waals surface area contributed by atoms with Crippen LogP contribution in [0.5, 0.6) is 5.75 Å². The molecule has 0 saturated heterocycles. The van der Waals surface area contributed by atoms with Crippen LogP contribution in [0.4, 0.5) is 5.69 Å². The molecule has 0 aliphatic rings. The Hall–Kier alpha value is -2.82. The van der Waals surface area contributed by atoms with Gasteiger partial charge in [0.15, 0.2) is 0 Å². The van der Waals surface area contributed by atoms with Gasteiger partial charge in [-0.25, -0.2) is 0 Å². The molecule has 0 bridgehead atoms. The summed E-state index contributed by atoms with van der Waals surface area (Å²) in [6, 6.07) is 17.1. The lowest BCUT2D eigenvalue weighted by atomic mass is 10.2. The third-order valence-electron chi connectivity index (χ3n) is 3.80. The Bertz CT molecular complexity index is 712. The van der Waals surface area contributed by atoms with Gasteiger partial charge in [0.05, 0.1) is 6.10 Å². The summed E-state index contributed by atoms with van der Waals surface area (Å²) in [4.78, 5) is 25.6. The summed E-state index contributed by atoms with van der Waals surface area (Å²) >= 11 is 0. The Balaban J connectivity index is 1.89. The van der Waals surface area contributed by atoms with Crippen LogP contribution in [-0.2, 0) is 16.1 Å². The van der Waals surface area contributed by atoms with Crippen LogP contribution in [0.25, 0.3) is 0 Å². The number of amides is 2. The second-order valence-electron chi connectivity index (χ2n) is 6.34. The molecule has 0 aliphatic carbocycles. The van der Waals surface area contributed by atoms with E-state index in [4.69, 9.17) is 4.74 Å². The van der Waals surface area contributed by atoms with Gasteiger partial charge < -0.3 is 15.0 Å². The average Bonchev–Trinajstić information content (AvgIpc) is 2.61. The fraction of sp³-hybridized carbons (Fsp3) is 0.333. The second-order valence-corrected chi connectivity index (χ2v) is 6.34. The average molecular weight is 354 g/mol. The quantitative estimate of drug-likeness (QED) is 0.789. The van der Waals surface area contributed by atoms with Gasteiger partial charge in [-0.1, -0.05) is 30.3 Å². The van der Waals surface area contributed by atoms with Crippen molar-refractivity contribution >= 4 is 17.5 Å². The smallest absolute Gasteiger partial charge is 0.223 e. The Kier molecular flexibility index (Phi) is 7.21. The Morgan fingerprint density at radius 2 is 1.69 bits per heavy atom. The lowest BCUT2D eigenvalue weighted by molar-refractivity contribution is -0.121. The van der Waals surface area contributed by atoms with E-state index in [9.17, 15) is 9.59 Å². The molecule has 0 atom stereocenters. The SMILES string of the molecule is CC(=O)N(CCC(=O)NCc1ccccc1)c1ccc(OC(C)C)cc1. The van der Waals surface area contributed by atoms with E-state index in [-0.39, 0.29) is 24.3 Å². The van der Waals surface area contributed by atoms with E-state index >= 15 is 0 Å². The van der Waals surface area contributed by atoms with Crippen molar-refractivity contribution in [2.75, 3.05) is 11.4 Å². The maximum Gasteiger partial charge on any atom is 0.223 e. The predicted molar refractivity (Wildman–Crippen MR) is 103 cm³/mol. The summed E-state index contributed by atoms with van der Waals surface area (Å²) in [6.45, 7) is 6.25. The molecule has 2 amide bonds. The molecule has 0 aliphatic heterocycles. The first-order valence-electron chi connectivity index (χ1n) is 8.81. The molecule has 5 heteroatoms. The van der Waals surface area contributed by atoms with Crippen LogP contribution in [0.1, 0.15) is 32.8 Å². The Morgan fingerprint density at radius 1 is 1.04 bits per heavy atom. The molecule has 0 heterocycles. The number of rotatable bonds is 8. The molecule has 0 fully saturated rings. The molecule has 2 rings (SSSR count). The molecule has 0 radical (unpaired) electrons. The number of hydrogen-bond donors (Lipinski definition) is 1. The van der Waals surface area contributed by atoms with Gasteiger partial charge in [0.2, 0.25) is 11.8 Å². The molecular formula is C21H26N2O3. The number of carbonyl (C=O) groups is 2. The third kappa shape index (κ3) is 6.24. The van der Waals surface area contributed by atoms with Crippen LogP contribution in [0.3, 0.4) is 0 Å². The van der Waals surface area contributed by atoms with Crippen LogP contribution in [-0.4, -0.2) is 24.5 Å². The topological polar surface area (TPSA) is 58.6 Å². The zero-order valence-corrected chi connectivity index (χ0v) is 15.6. The first-order chi connectivity index (χ1) is 12.5. The molecule has 2 aromatic rings. The van der Waals surface area contributed by atoms with Gasteiger partial charge in [-0.15, -0.1) is 0 Å². The fourth-order valence-electron chi connectivity index (χ4n) is 2.54. The van der Waals surface area contributed by atoms with Crippen LogP contribution in [0.15, 0.2) is 54.6 Å². The largest absolute Gasteiger partial charge is 0.491 e. The molecule has 0 spiro atoms. The zero-order valence-electron chi connectivity index (χ0n) is 15.6. The summed E-state index contributed by atoms with van der Waals surface area (Å²) in [7, 11) is 0. The highest BCUT2D eigenvalue weighted by atomic mass is 16.5. The minimum atomic E-state index is -0.0987. The summed E-state index contributed by atoms with van der Waals surface area (Å²) in [5, 5.41) is 2.88. The normalized spacial score (nSPS) is 10.5. The Morgan fingerprint density at radius 3 is 2.27 bits per heavy atom.